The monoisotopic (exact) mass is 254 g/mol. The molecule has 0 bridgehead atoms. The molecule has 106 valence electrons. The first-order valence-corrected chi connectivity index (χ1v) is 7.30. The summed E-state index contributed by atoms with van der Waals surface area (Å²) in [5.41, 5.74) is -0.417. The molecule has 1 N–H and O–H groups in total. The quantitative estimate of drug-likeness (QED) is 0.572. The average Bonchev–Trinajstić information content (AvgIpc) is 2.32. The smallest absolute Gasteiger partial charge is 0.104 e. The molecule has 0 saturated heterocycles. The van der Waals surface area contributed by atoms with Crippen molar-refractivity contribution >= 4 is 0 Å². The first kappa shape index (κ1) is 17.4. The molecule has 0 heterocycles. The van der Waals surface area contributed by atoms with Gasteiger partial charge < -0.3 is 4.74 Å². The minimum atomic E-state index is -0.417. The van der Waals surface area contributed by atoms with E-state index in [0.29, 0.717) is 6.04 Å². The van der Waals surface area contributed by atoms with Crippen LogP contribution >= 0.6 is 0 Å². The second-order valence-electron chi connectivity index (χ2n) is 5.52. The molecule has 0 rings (SSSR count). The van der Waals surface area contributed by atoms with Gasteiger partial charge in [-0.15, -0.1) is 0 Å². The predicted molar refractivity (Wildman–Crippen MR) is 76.5 cm³/mol. The Bertz CT molecular complexity index is 235. The third-order valence-corrected chi connectivity index (χ3v) is 2.96. The van der Waals surface area contributed by atoms with Crippen molar-refractivity contribution in [2.75, 3.05) is 13.2 Å². The zero-order valence-electron chi connectivity index (χ0n) is 12.6. The fourth-order valence-corrected chi connectivity index (χ4v) is 2.06. The first-order chi connectivity index (χ1) is 8.54. The van der Waals surface area contributed by atoms with Crippen molar-refractivity contribution in [3.05, 3.63) is 0 Å². The molecular formula is C15H30N2O. The van der Waals surface area contributed by atoms with E-state index in [1.165, 1.54) is 19.3 Å². The van der Waals surface area contributed by atoms with Crippen LogP contribution < -0.4 is 5.32 Å². The van der Waals surface area contributed by atoms with Crippen molar-refractivity contribution in [1.82, 2.24) is 5.32 Å². The third-order valence-electron chi connectivity index (χ3n) is 2.96. The molecule has 0 aromatic rings. The number of hydrogen-bond donors (Lipinski definition) is 1. The van der Waals surface area contributed by atoms with E-state index in [-0.39, 0.29) is 0 Å². The second-order valence-corrected chi connectivity index (χ2v) is 5.52. The van der Waals surface area contributed by atoms with Crippen molar-refractivity contribution in [3.8, 4) is 6.07 Å². The number of ether oxygens (including phenoxy) is 1. The fourth-order valence-electron chi connectivity index (χ4n) is 2.06. The second kappa shape index (κ2) is 10.3. The zero-order valence-corrected chi connectivity index (χ0v) is 12.6. The number of nitrogens with zero attached hydrogens (tertiary/aromatic N) is 1. The van der Waals surface area contributed by atoms with Gasteiger partial charge in [0.05, 0.1) is 6.07 Å². The van der Waals surface area contributed by atoms with E-state index < -0.39 is 5.54 Å². The summed E-state index contributed by atoms with van der Waals surface area (Å²) in [5.74, 6) is 0. The van der Waals surface area contributed by atoms with Crippen LogP contribution in [0.15, 0.2) is 0 Å². The van der Waals surface area contributed by atoms with Gasteiger partial charge in [-0.2, -0.15) is 5.26 Å². The fraction of sp³-hybridized carbons (Fsp3) is 0.933. The van der Waals surface area contributed by atoms with Gasteiger partial charge in [0.1, 0.15) is 5.54 Å². The van der Waals surface area contributed by atoms with Crippen LogP contribution in [0.2, 0.25) is 0 Å². The largest absolute Gasteiger partial charge is 0.381 e. The predicted octanol–water partition coefficient (Wildman–Crippen LogP) is 3.64. The van der Waals surface area contributed by atoms with Crippen LogP contribution in [0.3, 0.4) is 0 Å². The molecular weight excluding hydrogens is 224 g/mol. The molecule has 0 aromatic heterocycles. The summed E-state index contributed by atoms with van der Waals surface area (Å²) in [5, 5.41) is 12.5. The van der Waals surface area contributed by atoms with Crippen molar-refractivity contribution < 1.29 is 4.74 Å². The molecule has 1 unspecified atom stereocenters. The number of nitriles is 1. The number of rotatable bonds is 11. The summed E-state index contributed by atoms with van der Waals surface area (Å²) < 4.78 is 5.59. The molecule has 0 fully saturated rings. The first-order valence-electron chi connectivity index (χ1n) is 7.30. The third kappa shape index (κ3) is 9.44. The Labute approximate surface area is 113 Å². The van der Waals surface area contributed by atoms with Gasteiger partial charge in [-0.1, -0.05) is 26.2 Å². The number of nitrogens with one attached hydrogen (secondary N) is 1. The normalized spacial score (nSPS) is 14.4. The maximum Gasteiger partial charge on any atom is 0.104 e. The summed E-state index contributed by atoms with van der Waals surface area (Å²) in [6.45, 7) is 9.95. The average molecular weight is 254 g/mol. The molecule has 0 aromatic carbocycles. The molecule has 3 nitrogen and oxygen atoms in total. The highest BCUT2D eigenvalue weighted by Crippen LogP contribution is 2.12. The van der Waals surface area contributed by atoms with E-state index in [1.807, 2.05) is 6.92 Å². The van der Waals surface area contributed by atoms with Crippen LogP contribution in [-0.2, 0) is 4.74 Å². The SMILES string of the molecule is CCCCCCOCCCC(C)(C#N)NC(C)C. The summed E-state index contributed by atoms with van der Waals surface area (Å²) in [6, 6.07) is 2.70. The number of hydrogen-bond acceptors (Lipinski definition) is 3. The standard InChI is InChI=1S/C15H30N2O/c1-5-6-7-8-11-18-12-9-10-15(4,13-16)17-14(2)3/h14,17H,5-12H2,1-4H3. The maximum absolute atomic E-state index is 9.18. The van der Waals surface area contributed by atoms with Crippen molar-refractivity contribution in [2.24, 2.45) is 0 Å². The lowest BCUT2D eigenvalue weighted by Gasteiger charge is -2.25. The lowest BCUT2D eigenvalue weighted by atomic mass is 9.97. The summed E-state index contributed by atoms with van der Waals surface area (Å²) in [7, 11) is 0. The minimum Gasteiger partial charge on any atom is -0.381 e. The van der Waals surface area contributed by atoms with Gasteiger partial charge in [0.25, 0.3) is 0 Å². The van der Waals surface area contributed by atoms with Crippen molar-refractivity contribution in [3.63, 3.8) is 0 Å². The highest BCUT2D eigenvalue weighted by atomic mass is 16.5. The van der Waals surface area contributed by atoms with Gasteiger partial charge in [-0.05, 0) is 40.0 Å². The van der Waals surface area contributed by atoms with Crippen molar-refractivity contribution in [1.29, 1.82) is 5.26 Å². The summed E-state index contributed by atoms with van der Waals surface area (Å²) >= 11 is 0. The van der Waals surface area contributed by atoms with Gasteiger partial charge in [0.15, 0.2) is 0 Å². The molecule has 3 heteroatoms. The lowest BCUT2D eigenvalue weighted by Crippen LogP contribution is -2.45. The number of unbranched alkanes of at least 4 members (excludes halogenated alkanes) is 3. The highest BCUT2D eigenvalue weighted by molar-refractivity contribution is 5.04. The summed E-state index contributed by atoms with van der Waals surface area (Å²) in [4.78, 5) is 0. The Kier molecular flexibility index (Phi) is 10.0. The molecule has 18 heavy (non-hydrogen) atoms. The Morgan fingerprint density at radius 1 is 1.17 bits per heavy atom. The zero-order chi connectivity index (χ0) is 13.9. The Balaban J connectivity index is 3.54. The molecule has 0 radical (unpaired) electrons. The Morgan fingerprint density at radius 3 is 2.39 bits per heavy atom. The molecule has 0 saturated carbocycles. The maximum atomic E-state index is 9.18. The van der Waals surface area contributed by atoms with E-state index >= 15 is 0 Å². The molecule has 0 aliphatic heterocycles. The van der Waals surface area contributed by atoms with Gasteiger partial charge in [-0.3, -0.25) is 5.32 Å². The van der Waals surface area contributed by atoms with E-state index in [1.54, 1.807) is 0 Å². The minimum absolute atomic E-state index is 0.338. The highest BCUT2D eigenvalue weighted by Gasteiger charge is 2.23. The summed E-state index contributed by atoms with van der Waals surface area (Å²) in [6.07, 6.45) is 6.78. The molecule has 0 aliphatic rings. The van der Waals surface area contributed by atoms with Crippen molar-refractivity contribution in [2.45, 2.75) is 77.8 Å². The van der Waals surface area contributed by atoms with Crippen LogP contribution in [0.4, 0.5) is 0 Å². The lowest BCUT2D eigenvalue weighted by molar-refractivity contribution is 0.121. The van der Waals surface area contributed by atoms with E-state index in [9.17, 15) is 5.26 Å². The van der Waals surface area contributed by atoms with E-state index in [0.717, 1.165) is 32.5 Å². The molecule has 0 amide bonds. The Hall–Kier alpha value is -0.590. The van der Waals surface area contributed by atoms with Crippen LogP contribution in [0, 0.1) is 11.3 Å². The van der Waals surface area contributed by atoms with Gasteiger partial charge in [0.2, 0.25) is 0 Å². The van der Waals surface area contributed by atoms with Crippen LogP contribution in [0.25, 0.3) is 0 Å². The van der Waals surface area contributed by atoms with Gasteiger partial charge in [-0.25, -0.2) is 0 Å². The van der Waals surface area contributed by atoms with Crippen LogP contribution in [-0.4, -0.2) is 24.8 Å². The molecule has 1 atom stereocenters. The van der Waals surface area contributed by atoms with E-state index in [4.69, 9.17) is 4.74 Å². The van der Waals surface area contributed by atoms with Gasteiger partial charge in [0, 0.05) is 19.3 Å². The topological polar surface area (TPSA) is 45.0 Å². The van der Waals surface area contributed by atoms with E-state index in [2.05, 4.69) is 32.2 Å². The Morgan fingerprint density at radius 2 is 1.83 bits per heavy atom. The van der Waals surface area contributed by atoms with Gasteiger partial charge >= 0.3 is 0 Å². The molecule has 0 spiro atoms. The van der Waals surface area contributed by atoms with Crippen LogP contribution in [0.1, 0.15) is 66.2 Å². The van der Waals surface area contributed by atoms with Crippen LogP contribution in [0.5, 0.6) is 0 Å². The molecule has 0 aliphatic carbocycles.